The number of nitrogens with zero attached hydrogens (tertiary/aromatic N) is 1. The van der Waals surface area contributed by atoms with Gasteiger partial charge in [-0.25, -0.2) is 4.79 Å². The number of hydrogen-bond acceptors (Lipinski definition) is 2. The Hall–Kier alpha value is -2.04. The average molecular weight is 330 g/mol. The van der Waals surface area contributed by atoms with Gasteiger partial charge in [-0.2, -0.15) is 0 Å². The van der Waals surface area contributed by atoms with Gasteiger partial charge in [0.25, 0.3) is 0 Å². The van der Waals surface area contributed by atoms with E-state index >= 15 is 0 Å². The topological polar surface area (TPSA) is 69.6 Å². The third-order valence-electron chi connectivity index (χ3n) is 5.58. The number of carbonyl (C=O) groups is 2. The molecule has 0 spiro atoms. The number of urea groups is 1. The Morgan fingerprint density at radius 1 is 1.17 bits per heavy atom. The second-order valence-electron chi connectivity index (χ2n) is 7.14. The fraction of sp³-hybridized carbons (Fsp3) is 0.579. The molecule has 5 heteroatoms. The molecule has 0 radical (unpaired) electrons. The molecular formula is C19H26N2O3. The minimum atomic E-state index is -0.802. The van der Waals surface area contributed by atoms with E-state index < -0.39 is 11.9 Å². The Bertz CT molecular complexity index is 582. The lowest BCUT2D eigenvalue weighted by molar-refractivity contribution is -0.143. The lowest BCUT2D eigenvalue weighted by Crippen LogP contribution is -2.49. The Morgan fingerprint density at radius 3 is 2.54 bits per heavy atom. The fourth-order valence-corrected chi connectivity index (χ4v) is 4.13. The minimum Gasteiger partial charge on any atom is -0.481 e. The first kappa shape index (κ1) is 16.8. The van der Waals surface area contributed by atoms with Crippen molar-refractivity contribution in [3.05, 3.63) is 35.9 Å². The van der Waals surface area contributed by atoms with Crippen molar-refractivity contribution < 1.29 is 14.7 Å². The molecule has 2 amide bonds. The predicted octanol–water partition coefficient (Wildman–Crippen LogP) is 3.00. The van der Waals surface area contributed by atoms with Crippen molar-refractivity contribution in [2.45, 2.75) is 43.9 Å². The number of rotatable bonds is 4. The highest BCUT2D eigenvalue weighted by Gasteiger charge is 2.36. The van der Waals surface area contributed by atoms with Crippen LogP contribution < -0.4 is 5.32 Å². The van der Waals surface area contributed by atoms with E-state index in [0.717, 1.165) is 19.3 Å². The summed E-state index contributed by atoms with van der Waals surface area (Å²) >= 11 is 0. The van der Waals surface area contributed by atoms with Crippen LogP contribution in [-0.4, -0.2) is 41.6 Å². The molecule has 1 heterocycles. The van der Waals surface area contributed by atoms with E-state index in [-0.39, 0.29) is 11.4 Å². The number of benzene rings is 1. The van der Waals surface area contributed by atoms with E-state index in [1.807, 2.05) is 6.07 Å². The summed E-state index contributed by atoms with van der Waals surface area (Å²) in [6.45, 7) is 1.59. The van der Waals surface area contributed by atoms with E-state index in [1.165, 1.54) is 18.4 Å². The number of likely N-dealkylation sites (tertiary alicyclic amines) is 1. The lowest BCUT2D eigenvalue weighted by Gasteiger charge is -2.34. The smallest absolute Gasteiger partial charge is 0.317 e. The van der Waals surface area contributed by atoms with Crippen molar-refractivity contribution in [3.8, 4) is 0 Å². The van der Waals surface area contributed by atoms with Gasteiger partial charge in [0, 0.05) is 25.0 Å². The van der Waals surface area contributed by atoms with Gasteiger partial charge in [-0.1, -0.05) is 43.2 Å². The van der Waals surface area contributed by atoms with E-state index in [2.05, 4.69) is 29.6 Å². The molecule has 1 saturated heterocycles. The van der Waals surface area contributed by atoms with Crippen molar-refractivity contribution in [3.63, 3.8) is 0 Å². The standard InChI is InChI=1S/C19H26N2O3/c22-17(23)15-7-6-12-21(13-15)18(24)20-14-19(10-4-5-11-19)16-8-2-1-3-9-16/h1-3,8-9,15H,4-7,10-14H2,(H,20,24)(H,22,23). The molecule has 3 rings (SSSR count). The van der Waals surface area contributed by atoms with Crippen LogP contribution >= 0.6 is 0 Å². The molecule has 130 valence electrons. The molecule has 0 aromatic heterocycles. The highest BCUT2D eigenvalue weighted by molar-refractivity contribution is 5.76. The van der Waals surface area contributed by atoms with Gasteiger partial charge in [0.2, 0.25) is 0 Å². The zero-order valence-electron chi connectivity index (χ0n) is 14.0. The van der Waals surface area contributed by atoms with Crippen LogP contribution in [0.4, 0.5) is 4.79 Å². The van der Waals surface area contributed by atoms with Gasteiger partial charge in [-0.3, -0.25) is 4.79 Å². The largest absolute Gasteiger partial charge is 0.481 e. The first-order valence-electron chi connectivity index (χ1n) is 8.92. The maximum atomic E-state index is 12.5. The van der Waals surface area contributed by atoms with Crippen molar-refractivity contribution in [2.24, 2.45) is 5.92 Å². The first-order chi connectivity index (χ1) is 11.6. The van der Waals surface area contributed by atoms with Gasteiger partial charge in [0.15, 0.2) is 0 Å². The Morgan fingerprint density at radius 2 is 1.88 bits per heavy atom. The summed E-state index contributed by atoms with van der Waals surface area (Å²) in [5.74, 6) is -1.23. The normalized spacial score (nSPS) is 23.0. The van der Waals surface area contributed by atoms with Crippen LogP contribution in [0.1, 0.15) is 44.1 Å². The molecule has 1 aromatic rings. The second-order valence-corrected chi connectivity index (χ2v) is 7.14. The highest BCUT2D eigenvalue weighted by Crippen LogP contribution is 2.40. The zero-order chi connectivity index (χ0) is 17.0. The van der Waals surface area contributed by atoms with Crippen LogP contribution in [0, 0.1) is 5.92 Å². The van der Waals surface area contributed by atoms with E-state index in [4.69, 9.17) is 0 Å². The van der Waals surface area contributed by atoms with E-state index in [1.54, 1.807) is 4.90 Å². The molecule has 1 aromatic carbocycles. The fourth-order valence-electron chi connectivity index (χ4n) is 4.13. The molecule has 1 unspecified atom stereocenters. The number of carbonyl (C=O) groups excluding carboxylic acids is 1. The predicted molar refractivity (Wildman–Crippen MR) is 91.9 cm³/mol. The summed E-state index contributed by atoms with van der Waals surface area (Å²) in [6.07, 6.45) is 5.98. The van der Waals surface area contributed by atoms with Crippen molar-refractivity contribution in [2.75, 3.05) is 19.6 Å². The maximum Gasteiger partial charge on any atom is 0.317 e. The third-order valence-corrected chi connectivity index (χ3v) is 5.58. The molecule has 1 aliphatic carbocycles. The van der Waals surface area contributed by atoms with Crippen LogP contribution in [0.15, 0.2) is 30.3 Å². The minimum absolute atomic E-state index is 0.0267. The number of aliphatic carboxylic acids is 1. The molecule has 1 saturated carbocycles. The van der Waals surface area contributed by atoms with Crippen LogP contribution in [0.3, 0.4) is 0 Å². The number of carboxylic acid groups (broad SMARTS) is 1. The molecule has 0 bridgehead atoms. The number of hydrogen-bond donors (Lipinski definition) is 2. The summed E-state index contributed by atoms with van der Waals surface area (Å²) in [4.78, 5) is 25.3. The number of nitrogens with one attached hydrogen (secondary N) is 1. The van der Waals surface area contributed by atoms with Gasteiger partial charge >= 0.3 is 12.0 Å². The zero-order valence-corrected chi connectivity index (χ0v) is 14.0. The van der Waals surface area contributed by atoms with Gasteiger partial charge in [0.05, 0.1) is 5.92 Å². The van der Waals surface area contributed by atoms with E-state index in [9.17, 15) is 14.7 Å². The molecule has 5 nitrogen and oxygen atoms in total. The number of piperidine rings is 1. The molecule has 2 aliphatic rings. The Kier molecular flexibility index (Phi) is 5.07. The molecule has 1 aliphatic heterocycles. The summed E-state index contributed by atoms with van der Waals surface area (Å²) in [5, 5.41) is 12.3. The third kappa shape index (κ3) is 3.55. The Labute approximate surface area is 143 Å². The Balaban J connectivity index is 1.63. The van der Waals surface area contributed by atoms with Gasteiger partial charge in [0.1, 0.15) is 0 Å². The molecule has 24 heavy (non-hydrogen) atoms. The summed E-state index contributed by atoms with van der Waals surface area (Å²) in [6, 6.07) is 10.3. The van der Waals surface area contributed by atoms with Gasteiger partial charge < -0.3 is 15.3 Å². The van der Waals surface area contributed by atoms with Crippen LogP contribution in [0.25, 0.3) is 0 Å². The summed E-state index contributed by atoms with van der Waals surface area (Å²) < 4.78 is 0. The van der Waals surface area contributed by atoms with Crippen molar-refractivity contribution >= 4 is 12.0 Å². The van der Waals surface area contributed by atoms with Crippen LogP contribution in [0.2, 0.25) is 0 Å². The monoisotopic (exact) mass is 330 g/mol. The van der Waals surface area contributed by atoms with Crippen LogP contribution in [0.5, 0.6) is 0 Å². The molecule has 2 N–H and O–H groups in total. The average Bonchev–Trinajstić information content (AvgIpc) is 3.11. The quantitative estimate of drug-likeness (QED) is 0.891. The van der Waals surface area contributed by atoms with Crippen molar-refractivity contribution in [1.29, 1.82) is 0 Å². The van der Waals surface area contributed by atoms with Gasteiger partial charge in [-0.05, 0) is 31.2 Å². The summed E-state index contributed by atoms with van der Waals surface area (Å²) in [7, 11) is 0. The highest BCUT2D eigenvalue weighted by atomic mass is 16.4. The maximum absolute atomic E-state index is 12.5. The lowest BCUT2D eigenvalue weighted by atomic mass is 9.79. The second kappa shape index (κ2) is 7.24. The number of carboxylic acids is 1. The molecule has 2 fully saturated rings. The molecule has 1 atom stereocenters. The van der Waals surface area contributed by atoms with E-state index in [0.29, 0.717) is 26.1 Å². The van der Waals surface area contributed by atoms with Crippen molar-refractivity contribution in [1.82, 2.24) is 10.2 Å². The van der Waals surface area contributed by atoms with Gasteiger partial charge in [-0.15, -0.1) is 0 Å². The first-order valence-corrected chi connectivity index (χ1v) is 8.92. The SMILES string of the molecule is O=C(O)C1CCCN(C(=O)NCC2(c3ccccc3)CCCC2)C1. The summed E-state index contributed by atoms with van der Waals surface area (Å²) in [5.41, 5.74) is 1.32. The molecular weight excluding hydrogens is 304 g/mol. The number of amides is 2. The van der Waals surface area contributed by atoms with Crippen LogP contribution in [-0.2, 0) is 10.2 Å².